The summed E-state index contributed by atoms with van der Waals surface area (Å²) in [7, 11) is 1.96. The molecule has 0 radical (unpaired) electrons. The molecule has 88 valence electrons. The van der Waals surface area contributed by atoms with E-state index in [9.17, 15) is 9.50 Å². The molecule has 0 aliphatic carbocycles. The summed E-state index contributed by atoms with van der Waals surface area (Å²) >= 11 is 0. The predicted molar refractivity (Wildman–Crippen MR) is 58.8 cm³/mol. The van der Waals surface area contributed by atoms with Gasteiger partial charge in [0.1, 0.15) is 11.6 Å². The van der Waals surface area contributed by atoms with Crippen LogP contribution >= 0.6 is 0 Å². The molecular formula is C12H16FNO2. The van der Waals surface area contributed by atoms with Crippen molar-refractivity contribution < 1.29 is 14.2 Å². The zero-order valence-electron chi connectivity index (χ0n) is 9.32. The zero-order chi connectivity index (χ0) is 11.5. The van der Waals surface area contributed by atoms with Crippen LogP contribution in [0, 0.1) is 5.82 Å². The lowest BCUT2D eigenvalue weighted by Gasteiger charge is -2.23. The zero-order valence-corrected chi connectivity index (χ0v) is 9.32. The van der Waals surface area contributed by atoms with E-state index in [-0.39, 0.29) is 11.6 Å². The summed E-state index contributed by atoms with van der Waals surface area (Å²) in [4.78, 5) is 2.08. The standard InChI is InChI=1S/C12H16FNO2/c1-14(11-4-5-16-8-11)7-9-6-10(13)2-3-12(9)15/h2-3,6,11,15H,4-5,7-8H2,1H3. The second kappa shape index (κ2) is 4.80. The van der Waals surface area contributed by atoms with Crippen LogP contribution in [0.4, 0.5) is 4.39 Å². The largest absolute Gasteiger partial charge is 0.508 e. The number of likely N-dealkylation sites (N-methyl/N-ethyl adjacent to an activating group) is 1. The average Bonchev–Trinajstić information content (AvgIpc) is 2.76. The number of phenolic OH excluding ortho intramolecular Hbond substituents is 1. The van der Waals surface area contributed by atoms with Crippen LogP contribution in [0.25, 0.3) is 0 Å². The smallest absolute Gasteiger partial charge is 0.123 e. The Balaban J connectivity index is 2.04. The lowest BCUT2D eigenvalue weighted by atomic mass is 10.1. The lowest BCUT2D eigenvalue weighted by molar-refractivity contribution is 0.156. The lowest BCUT2D eigenvalue weighted by Crippen LogP contribution is -2.31. The highest BCUT2D eigenvalue weighted by molar-refractivity contribution is 5.32. The van der Waals surface area contributed by atoms with E-state index in [1.54, 1.807) is 0 Å². The van der Waals surface area contributed by atoms with Crippen LogP contribution in [0.2, 0.25) is 0 Å². The van der Waals surface area contributed by atoms with Crippen LogP contribution in [0.1, 0.15) is 12.0 Å². The highest BCUT2D eigenvalue weighted by Crippen LogP contribution is 2.21. The van der Waals surface area contributed by atoms with Gasteiger partial charge in [0.25, 0.3) is 0 Å². The van der Waals surface area contributed by atoms with Gasteiger partial charge in [-0.2, -0.15) is 0 Å². The number of phenols is 1. The molecule has 1 unspecified atom stereocenters. The number of ether oxygens (including phenoxy) is 1. The van der Waals surface area contributed by atoms with Crippen molar-refractivity contribution in [3.05, 3.63) is 29.6 Å². The molecule has 1 heterocycles. The van der Waals surface area contributed by atoms with Crippen LogP contribution in [0.15, 0.2) is 18.2 Å². The Morgan fingerprint density at radius 3 is 3.06 bits per heavy atom. The maximum absolute atomic E-state index is 13.0. The van der Waals surface area contributed by atoms with Gasteiger partial charge in [0, 0.05) is 24.8 Å². The quantitative estimate of drug-likeness (QED) is 0.850. The van der Waals surface area contributed by atoms with Gasteiger partial charge in [-0.05, 0) is 31.7 Å². The molecule has 1 N–H and O–H groups in total. The third-order valence-corrected chi connectivity index (χ3v) is 2.99. The Bertz CT molecular complexity index is 364. The Hall–Kier alpha value is -1.13. The molecule has 0 spiro atoms. The number of aromatic hydroxyl groups is 1. The van der Waals surface area contributed by atoms with Crippen LogP contribution < -0.4 is 0 Å². The van der Waals surface area contributed by atoms with Crippen LogP contribution in [0.5, 0.6) is 5.75 Å². The molecule has 16 heavy (non-hydrogen) atoms. The minimum absolute atomic E-state index is 0.146. The average molecular weight is 225 g/mol. The molecule has 0 amide bonds. The van der Waals surface area contributed by atoms with Crippen LogP contribution in [0.3, 0.4) is 0 Å². The molecule has 1 saturated heterocycles. The van der Waals surface area contributed by atoms with Crippen molar-refractivity contribution in [2.75, 3.05) is 20.3 Å². The number of nitrogens with zero attached hydrogens (tertiary/aromatic N) is 1. The van der Waals surface area contributed by atoms with E-state index in [1.165, 1.54) is 18.2 Å². The molecular weight excluding hydrogens is 209 g/mol. The molecule has 1 aliphatic rings. The number of hydrogen-bond donors (Lipinski definition) is 1. The van der Waals surface area contributed by atoms with Crippen molar-refractivity contribution in [3.63, 3.8) is 0 Å². The Morgan fingerprint density at radius 2 is 2.38 bits per heavy atom. The van der Waals surface area contributed by atoms with Crippen LogP contribution in [-0.2, 0) is 11.3 Å². The molecule has 0 aromatic heterocycles. The van der Waals surface area contributed by atoms with Gasteiger partial charge in [-0.25, -0.2) is 4.39 Å². The predicted octanol–water partition coefficient (Wildman–Crippen LogP) is 1.75. The van der Waals surface area contributed by atoms with E-state index >= 15 is 0 Å². The van der Waals surface area contributed by atoms with E-state index in [0.29, 0.717) is 24.8 Å². The molecule has 3 nitrogen and oxygen atoms in total. The molecule has 1 aliphatic heterocycles. The summed E-state index contributed by atoms with van der Waals surface area (Å²) in [6, 6.07) is 4.39. The van der Waals surface area contributed by atoms with Crippen LogP contribution in [-0.4, -0.2) is 36.3 Å². The fourth-order valence-corrected chi connectivity index (χ4v) is 1.95. The SMILES string of the molecule is CN(Cc1cc(F)ccc1O)C1CCOC1. The number of rotatable bonds is 3. The highest BCUT2D eigenvalue weighted by atomic mass is 19.1. The van der Waals surface area contributed by atoms with Crippen molar-refractivity contribution in [1.82, 2.24) is 4.90 Å². The van der Waals surface area contributed by atoms with Crippen molar-refractivity contribution in [2.24, 2.45) is 0 Å². The van der Waals surface area contributed by atoms with E-state index in [0.717, 1.165) is 13.0 Å². The number of benzene rings is 1. The van der Waals surface area contributed by atoms with Gasteiger partial charge in [0.2, 0.25) is 0 Å². The van der Waals surface area contributed by atoms with Crippen molar-refractivity contribution >= 4 is 0 Å². The molecule has 0 bridgehead atoms. The van der Waals surface area contributed by atoms with Gasteiger partial charge in [-0.1, -0.05) is 0 Å². The second-order valence-electron chi connectivity index (χ2n) is 4.21. The number of halogens is 1. The molecule has 1 atom stereocenters. The van der Waals surface area contributed by atoms with E-state index < -0.39 is 0 Å². The molecule has 1 aromatic carbocycles. The first-order valence-corrected chi connectivity index (χ1v) is 5.42. The molecule has 1 aromatic rings. The maximum Gasteiger partial charge on any atom is 0.123 e. The Kier molecular flexibility index (Phi) is 3.41. The first-order chi connectivity index (χ1) is 7.66. The third kappa shape index (κ3) is 2.51. The van der Waals surface area contributed by atoms with Gasteiger partial charge in [-0.15, -0.1) is 0 Å². The van der Waals surface area contributed by atoms with Crippen molar-refractivity contribution in [1.29, 1.82) is 0 Å². The fourth-order valence-electron chi connectivity index (χ4n) is 1.95. The summed E-state index contributed by atoms with van der Waals surface area (Å²) in [6.45, 7) is 2.04. The third-order valence-electron chi connectivity index (χ3n) is 2.99. The second-order valence-corrected chi connectivity index (χ2v) is 4.21. The summed E-state index contributed by atoms with van der Waals surface area (Å²) in [5.41, 5.74) is 0.620. The molecule has 1 fully saturated rings. The molecule has 4 heteroatoms. The maximum atomic E-state index is 13.0. The van der Waals surface area contributed by atoms with Crippen molar-refractivity contribution in [3.8, 4) is 5.75 Å². The molecule has 0 saturated carbocycles. The van der Waals surface area contributed by atoms with Gasteiger partial charge in [0.05, 0.1) is 6.61 Å². The van der Waals surface area contributed by atoms with Crippen molar-refractivity contribution in [2.45, 2.75) is 19.0 Å². The molecule has 2 rings (SSSR count). The first kappa shape index (κ1) is 11.4. The minimum atomic E-state index is -0.316. The van der Waals surface area contributed by atoms with Gasteiger partial charge < -0.3 is 9.84 Å². The Morgan fingerprint density at radius 1 is 1.56 bits per heavy atom. The normalized spacial score (nSPS) is 20.6. The Labute approximate surface area is 94.4 Å². The number of hydrogen-bond acceptors (Lipinski definition) is 3. The highest BCUT2D eigenvalue weighted by Gasteiger charge is 2.20. The first-order valence-electron chi connectivity index (χ1n) is 5.42. The van der Waals surface area contributed by atoms with Gasteiger partial charge in [0.15, 0.2) is 0 Å². The van der Waals surface area contributed by atoms with E-state index in [1.807, 2.05) is 7.05 Å². The summed E-state index contributed by atoms with van der Waals surface area (Å²) < 4.78 is 18.3. The topological polar surface area (TPSA) is 32.7 Å². The fraction of sp³-hybridized carbons (Fsp3) is 0.500. The monoisotopic (exact) mass is 225 g/mol. The minimum Gasteiger partial charge on any atom is -0.508 e. The van der Waals surface area contributed by atoms with E-state index in [4.69, 9.17) is 4.74 Å². The summed E-state index contributed by atoms with van der Waals surface area (Å²) in [5, 5.41) is 9.60. The van der Waals surface area contributed by atoms with Gasteiger partial charge >= 0.3 is 0 Å². The van der Waals surface area contributed by atoms with Gasteiger partial charge in [-0.3, -0.25) is 4.90 Å². The van der Waals surface area contributed by atoms with E-state index in [2.05, 4.69) is 4.90 Å². The summed E-state index contributed by atoms with van der Waals surface area (Å²) in [6.07, 6.45) is 0.993. The summed E-state index contributed by atoms with van der Waals surface area (Å²) in [5.74, 6) is -0.170.